The summed E-state index contributed by atoms with van der Waals surface area (Å²) in [6.07, 6.45) is 3.85. The number of benzene rings is 3. The number of nitrogens with zero attached hydrogens (tertiary/aromatic N) is 2. The predicted molar refractivity (Wildman–Crippen MR) is 148 cm³/mol. The third kappa shape index (κ3) is 5.34. The molecule has 2 aliphatic rings. The summed E-state index contributed by atoms with van der Waals surface area (Å²) >= 11 is 0. The van der Waals surface area contributed by atoms with Crippen LogP contribution in [0.4, 0.5) is 5.69 Å². The van der Waals surface area contributed by atoms with Crippen LogP contribution in [0.5, 0.6) is 0 Å². The van der Waals surface area contributed by atoms with Crippen molar-refractivity contribution >= 4 is 11.6 Å². The van der Waals surface area contributed by atoms with E-state index in [2.05, 4.69) is 88.8 Å². The Morgan fingerprint density at radius 3 is 2.22 bits per heavy atom. The van der Waals surface area contributed by atoms with Crippen LogP contribution in [0.15, 0.2) is 84.9 Å². The average Bonchev–Trinajstić information content (AvgIpc) is 2.93. The monoisotopic (exact) mass is 481 g/mol. The number of rotatable bonds is 7. The first-order valence-corrected chi connectivity index (χ1v) is 13.6. The fourth-order valence-corrected chi connectivity index (χ4v) is 6.34. The Morgan fingerprint density at radius 2 is 1.53 bits per heavy atom. The van der Waals surface area contributed by atoms with Crippen molar-refractivity contribution < 1.29 is 4.79 Å². The maximum atomic E-state index is 13.1. The number of hydrogen-bond donors (Lipinski definition) is 1. The van der Waals surface area contributed by atoms with Gasteiger partial charge in [0.25, 0.3) is 0 Å². The summed E-state index contributed by atoms with van der Waals surface area (Å²) in [7, 11) is 0. The van der Waals surface area contributed by atoms with E-state index >= 15 is 0 Å². The Bertz CT molecular complexity index is 1120. The van der Waals surface area contributed by atoms with Crippen LogP contribution in [0.3, 0.4) is 0 Å². The van der Waals surface area contributed by atoms with Gasteiger partial charge in [-0.15, -0.1) is 0 Å². The summed E-state index contributed by atoms with van der Waals surface area (Å²) in [4.78, 5) is 17.7. The first kappa shape index (κ1) is 24.6. The van der Waals surface area contributed by atoms with Crippen molar-refractivity contribution in [1.29, 1.82) is 0 Å². The molecule has 1 spiro atoms. The Balaban J connectivity index is 1.34. The van der Waals surface area contributed by atoms with Gasteiger partial charge in [-0.05, 0) is 60.9 Å². The van der Waals surface area contributed by atoms with Crippen LogP contribution in [0, 0.1) is 5.41 Å². The van der Waals surface area contributed by atoms with Crippen LogP contribution in [0.2, 0.25) is 0 Å². The molecule has 2 saturated heterocycles. The fourth-order valence-electron chi connectivity index (χ4n) is 6.34. The van der Waals surface area contributed by atoms with E-state index in [1.807, 2.05) is 18.2 Å². The molecular formula is C32H39N3O. The molecule has 2 fully saturated rings. The highest BCUT2D eigenvalue weighted by Gasteiger charge is 2.45. The molecule has 4 heteroatoms. The molecule has 0 bridgehead atoms. The molecule has 5 rings (SSSR count). The van der Waals surface area contributed by atoms with Crippen molar-refractivity contribution in [3.05, 3.63) is 102 Å². The second-order valence-corrected chi connectivity index (χ2v) is 10.5. The third-order valence-corrected chi connectivity index (χ3v) is 8.45. The van der Waals surface area contributed by atoms with E-state index in [1.165, 1.54) is 23.2 Å². The van der Waals surface area contributed by atoms with Crippen molar-refractivity contribution in [3.63, 3.8) is 0 Å². The number of hydrogen-bond acceptors (Lipinski definition) is 3. The van der Waals surface area contributed by atoms with Gasteiger partial charge in [-0.2, -0.15) is 0 Å². The normalized spacial score (nSPS) is 19.2. The largest absolute Gasteiger partial charge is 0.367 e. The molecule has 36 heavy (non-hydrogen) atoms. The molecule has 1 amide bonds. The highest BCUT2D eigenvalue weighted by atomic mass is 16.2. The first-order valence-electron chi connectivity index (χ1n) is 13.6. The van der Waals surface area contributed by atoms with E-state index in [4.69, 9.17) is 0 Å². The van der Waals surface area contributed by atoms with Crippen LogP contribution in [0.25, 0.3) is 0 Å². The number of nitrogens with one attached hydrogen (secondary N) is 1. The van der Waals surface area contributed by atoms with Gasteiger partial charge in [-0.1, -0.05) is 78.9 Å². The summed E-state index contributed by atoms with van der Waals surface area (Å²) < 4.78 is 0. The van der Waals surface area contributed by atoms with E-state index in [-0.39, 0.29) is 11.3 Å². The number of likely N-dealkylation sites (tertiary alicyclic amines) is 1. The molecule has 1 atom stereocenters. The predicted octanol–water partition coefficient (Wildman–Crippen LogP) is 5.64. The minimum Gasteiger partial charge on any atom is -0.367 e. The molecular weight excluding hydrogens is 442 g/mol. The van der Waals surface area contributed by atoms with E-state index < -0.39 is 0 Å². The Kier molecular flexibility index (Phi) is 7.72. The zero-order valence-electron chi connectivity index (χ0n) is 21.5. The Labute approximate surface area is 216 Å². The van der Waals surface area contributed by atoms with Crippen molar-refractivity contribution in [2.75, 3.05) is 37.6 Å². The van der Waals surface area contributed by atoms with Crippen LogP contribution in [0.1, 0.15) is 48.8 Å². The molecule has 1 N–H and O–H groups in total. The van der Waals surface area contributed by atoms with Crippen molar-refractivity contribution in [2.45, 2.75) is 45.1 Å². The van der Waals surface area contributed by atoms with Gasteiger partial charge in [-0.25, -0.2) is 0 Å². The van der Waals surface area contributed by atoms with E-state index in [9.17, 15) is 4.79 Å². The van der Waals surface area contributed by atoms with Gasteiger partial charge < -0.3 is 15.1 Å². The summed E-state index contributed by atoms with van der Waals surface area (Å²) in [6, 6.07) is 30.0. The SMILES string of the molecule is CCN(Cc1ccccc1)c1ccccc1C1CNCCC12CCN(C(=O)Cc1ccccc1)CC2. The van der Waals surface area contributed by atoms with E-state index in [0.29, 0.717) is 12.3 Å². The summed E-state index contributed by atoms with van der Waals surface area (Å²) in [5.74, 6) is 0.723. The lowest BCUT2D eigenvalue weighted by Gasteiger charge is -2.50. The highest BCUT2D eigenvalue weighted by molar-refractivity contribution is 5.78. The van der Waals surface area contributed by atoms with Gasteiger partial charge in [-0.3, -0.25) is 4.79 Å². The molecule has 2 aliphatic heterocycles. The molecule has 0 saturated carbocycles. The van der Waals surface area contributed by atoms with Crippen molar-refractivity contribution in [1.82, 2.24) is 10.2 Å². The number of amides is 1. The molecule has 0 aliphatic carbocycles. The molecule has 1 unspecified atom stereocenters. The minimum absolute atomic E-state index is 0.247. The fraction of sp³-hybridized carbons (Fsp3) is 0.406. The standard InChI is InChI=1S/C32H39N3O/c1-2-34(25-27-13-7-4-8-14-27)30-16-10-9-15-28(30)29-24-33-20-17-32(29)18-21-35(22-19-32)31(36)23-26-11-5-3-6-12-26/h3-16,29,33H,2,17-25H2,1H3. The number of para-hydroxylation sites is 1. The zero-order valence-corrected chi connectivity index (χ0v) is 21.5. The van der Waals surface area contributed by atoms with Crippen molar-refractivity contribution in [2.24, 2.45) is 5.41 Å². The lowest BCUT2D eigenvalue weighted by atomic mass is 9.62. The molecule has 3 aromatic carbocycles. The van der Waals surface area contributed by atoms with Gasteiger partial charge in [0.05, 0.1) is 6.42 Å². The quantitative estimate of drug-likeness (QED) is 0.474. The first-order chi connectivity index (χ1) is 17.7. The molecule has 0 radical (unpaired) electrons. The maximum absolute atomic E-state index is 13.1. The second kappa shape index (κ2) is 11.3. The summed E-state index contributed by atoms with van der Waals surface area (Å²) in [6.45, 7) is 7.96. The Morgan fingerprint density at radius 1 is 0.889 bits per heavy atom. The van der Waals surface area contributed by atoms with E-state index in [1.54, 1.807) is 0 Å². The van der Waals surface area contributed by atoms with Crippen LogP contribution >= 0.6 is 0 Å². The van der Waals surface area contributed by atoms with Gasteiger partial charge in [0.2, 0.25) is 5.91 Å². The number of carbonyl (C=O) groups is 1. The average molecular weight is 482 g/mol. The molecule has 4 nitrogen and oxygen atoms in total. The number of carbonyl (C=O) groups excluding carboxylic acids is 1. The Hall–Kier alpha value is -3.11. The smallest absolute Gasteiger partial charge is 0.226 e. The molecule has 0 aromatic heterocycles. The zero-order chi connectivity index (χ0) is 24.8. The molecule has 2 heterocycles. The lowest BCUT2D eigenvalue weighted by molar-refractivity contribution is -0.133. The van der Waals surface area contributed by atoms with Crippen LogP contribution in [-0.2, 0) is 17.8 Å². The van der Waals surface area contributed by atoms with E-state index in [0.717, 1.165) is 57.7 Å². The summed E-state index contributed by atoms with van der Waals surface area (Å²) in [5.41, 5.74) is 5.52. The maximum Gasteiger partial charge on any atom is 0.226 e. The van der Waals surface area contributed by atoms with Gasteiger partial charge >= 0.3 is 0 Å². The third-order valence-electron chi connectivity index (χ3n) is 8.45. The summed E-state index contributed by atoms with van der Waals surface area (Å²) in [5, 5.41) is 3.71. The lowest BCUT2D eigenvalue weighted by Crippen LogP contribution is -2.51. The minimum atomic E-state index is 0.247. The number of piperidine rings is 2. The van der Waals surface area contributed by atoms with Gasteiger partial charge in [0.15, 0.2) is 0 Å². The van der Waals surface area contributed by atoms with Crippen LogP contribution < -0.4 is 10.2 Å². The van der Waals surface area contributed by atoms with Gasteiger partial charge in [0, 0.05) is 44.3 Å². The topological polar surface area (TPSA) is 35.6 Å². The van der Waals surface area contributed by atoms with Gasteiger partial charge in [0.1, 0.15) is 0 Å². The number of anilines is 1. The highest BCUT2D eigenvalue weighted by Crippen LogP contribution is 2.50. The van der Waals surface area contributed by atoms with Crippen LogP contribution in [-0.4, -0.2) is 43.5 Å². The molecule has 3 aromatic rings. The molecule has 188 valence electrons. The second-order valence-electron chi connectivity index (χ2n) is 10.5. The van der Waals surface area contributed by atoms with Crippen molar-refractivity contribution in [3.8, 4) is 0 Å².